The van der Waals surface area contributed by atoms with Gasteiger partial charge in [0.15, 0.2) is 0 Å². The zero-order chi connectivity index (χ0) is 12.3. The molecule has 0 aromatic heterocycles. The average molecular weight is 252 g/mol. The second-order valence-electron chi connectivity index (χ2n) is 5.48. The van der Waals surface area contributed by atoms with Crippen LogP contribution in [0.5, 0.6) is 0 Å². The van der Waals surface area contributed by atoms with Crippen LogP contribution in [-0.4, -0.2) is 12.1 Å². The molecule has 0 bridgehead atoms. The molecule has 17 heavy (non-hydrogen) atoms. The molecule has 1 aromatic rings. The van der Waals surface area contributed by atoms with E-state index in [0.29, 0.717) is 12.1 Å². The van der Waals surface area contributed by atoms with Crippen LogP contribution in [0.2, 0.25) is 5.02 Å². The van der Waals surface area contributed by atoms with Gasteiger partial charge in [-0.25, -0.2) is 0 Å². The minimum Gasteiger partial charge on any atom is -0.311 e. The van der Waals surface area contributed by atoms with E-state index in [-0.39, 0.29) is 0 Å². The molecular formula is C15H22ClN. The van der Waals surface area contributed by atoms with Gasteiger partial charge in [0, 0.05) is 17.1 Å². The maximum atomic E-state index is 6.18. The number of rotatable bonds is 4. The molecule has 1 saturated carbocycles. The molecule has 1 fully saturated rings. The fourth-order valence-corrected chi connectivity index (χ4v) is 3.03. The summed E-state index contributed by atoms with van der Waals surface area (Å²) in [5.74, 6) is 0.889. The maximum absolute atomic E-state index is 6.18. The Labute approximate surface area is 110 Å². The molecule has 1 aliphatic rings. The highest BCUT2D eigenvalue weighted by Gasteiger charge is 2.22. The van der Waals surface area contributed by atoms with Crippen molar-refractivity contribution in [3.63, 3.8) is 0 Å². The third-order valence-electron chi connectivity index (χ3n) is 3.70. The molecule has 0 aliphatic heterocycles. The smallest absolute Gasteiger partial charge is 0.0438 e. The van der Waals surface area contributed by atoms with E-state index in [1.807, 2.05) is 12.1 Å². The van der Waals surface area contributed by atoms with E-state index >= 15 is 0 Å². The van der Waals surface area contributed by atoms with Gasteiger partial charge in [0.05, 0.1) is 0 Å². The molecule has 1 aliphatic carbocycles. The molecule has 0 radical (unpaired) electrons. The van der Waals surface area contributed by atoms with Gasteiger partial charge in [-0.1, -0.05) is 36.7 Å². The Morgan fingerprint density at radius 1 is 1.35 bits per heavy atom. The Morgan fingerprint density at radius 2 is 2.12 bits per heavy atom. The first-order valence-corrected chi connectivity index (χ1v) is 7.02. The normalized spacial score (nSPS) is 26.1. The second kappa shape index (κ2) is 5.88. The largest absolute Gasteiger partial charge is 0.311 e. The van der Waals surface area contributed by atoms with Gasteiger partial charge in [-0.05, 0) is 50.2 Å². The number of halogens is 1. The summed E-state index contributed by atoms with van der Waals surface area (Å²) in [7, 11) is 0. The molecule has 1 N–H and O–H groups in total. The van der Waals surface area contributed by atoms with Crippen molar-refractivity contribution < 1.29 is 0 Å². The van der Waals surface area contributed by atoms with Crippen LogP contribution in [0.15, 0.2) is 24.3 Å². The van der Waals surface area contributed by atoms with Crippen molar-refractivity contribution in [1.29, 1.82) is 0 Å². The maximum Gasteiger partial charge on any atom is 0.0438 e. The monoisotopic (exact) mass is 251 g/mol. The van der Waals surface area contributed by atoms with E-state index in [0.717, 1.165) is 17.4 Å². The molecule has 0 saturated heterocycles. The van der Waals surface area contributed by atoms with Crippen molar-refractivity contribution in [2.45, 2.75) is 51.6 Å². The Morgan fingerprint density at radius 3 is 2.76 bits per heavy atom. The van der Waals surface area contributed by atoms with Gasteiger partial charge in [-0.15, -0.1) is 0 Å². The summed E-state index contributed by atoms with van der Waals surface area (Å²) in [6.45, 7) is 4.60. The Balaban J connectivity index is 1.85. The van der Waals surface area contributed by atoms with Crippen LogP contribution in [0.3, 0.4) is 0 Å². The van der Waals surface area contributed by atoms with E-state index < -0.39 is 0 Å². The molecular weight excluding hydrogens is 230 g/mol. The summed E-state index contributed by atoms with van der Waals surface area (Å²) >= 11 is 6.18. The van der Waals surface area contributed by atoms with Crippen LogP contribution in [0.25, 0.3) is 0 Å². The molecule has 0 heterocycles. The van der Waals surface area contributed by atoms with E-state index in [1.54, 1.807) is 0 Å². The van der Waals surface area contributed by atoms with E-state index in [4.69, 9.17) is 11.6 Å². The molecule has 94 valence electrons. The van der Waals surface area contributed by atoms with Crippen LogP contribution >= 0.6 is 11.6 Å². The molecule has 0 spiro atoms. The van der Waals surface area contributed by atoms with Crippen molar-refractivity contribution in [2.75, 3.05) is 0 Å². The second-order valence-corrected chi connectivity index (χ2v) is 5.89. The third kappa shape index (κ3) is 3.72. The summed E-state index contributed by atoms with van der Waals surface area (Å²) in [4.78, 5) is 0. The van der Waals surface area contributed by atoms with E-state index in [2.05, 4.69) is 31.3 Å². The van der Waals surface area contributed by atoms with Gasteiger partial charge in [-0.3, -0.25) is 0 Å². The number of hydrogen-bond acceptors (Lipinski definition) is 1. The zero-order valence-corrected chi connectivity index (χ0v) is 11.5. The van der Waals surface area contributed by atoms with Crippen molar-refractivity contribution in [1.82, 2.24) is 5.32 Å². The van der Waals surface area contributed by atoms with Crippen molar-refractivity contribution in [3.8, 4) is 0 Å². The van der Waals surface area contributed by atoms with Gasteiger partial charge < -0.3 is 5.32 Å². The lowest BCUT2D eigenvalue weighted by atomic mass is 10.1. The quantitative estimate of drug-likeness (QED) is 0.851. The Hall–Kier alpha value is -0.530. The predicted molar refractivity (Wildman–Crippen MR) is 74.6 cm³/mol. The molecule has 2 rings (SSSR count). The first-order chi connectivity index (χ1) is 8.15. The van der Waals surface area contributed by atoms with Crippen LogP contribution in [0, 0.1) is 5.92 Å². The molecule has 3 atom stereocenters. The Kier molecular flexibility index (Phi) is 4.47. The van der Waals surface area contributed by atoms with Crippen LogP contribution < -0.4 is 5.32 Å². The van der Waals surface area contributed by atoms with Crippen molar-refractivity contribution >= 4 is 11.6 Å². The summed E-state index contributed by atoms with van der Waals surface area (Å²) in [5, 5.41) is 4.62. The van der Waals surface area contributed by atoms with Gasteiger partial charge in [0.25, 0.3) is 0 Å². The standard InChI is InChI=1S/C15H22ClN/c1-11-7-8-14(9-11)17-12(2)10-13-5-3-4-6-15(13)16/h3-6,11-12,14,17H,7-10H2,1-2H3. The molecule has 0 amide bonds. The van der Waals surface area contributed by atoms with Crippen molar-refractivity contribution in [2.24, 2.45) is 5.92 Å². The average Bonchev–Trinajstić information content (AvgIpc) is 2.67. The first-order valence-electron chi connectivity index (χ1n) is 6.64. The lowest BCUT2D eigenvalue weighted by Crippen LogP contribution is -2.36. The number of nitrogens with one attached hydrogen (secondary N) is 1. The molecule has 1 nitrogen and oxygen atoms in total. The predicted octanol–water partition coefficient (Wildman–Crippen LogP) is 4.05. The Bertz CT molecular complexity index is 364. The third-order valence-corrected chi connectivity index (χ3v) is 4.07. The lowest BCUT2D eigenvalue weighted by molar-refractivity contribution is 0.438. The molecule has 1 aromatic carbocycles. The van der Waals surface area contributed by atoms with Gasteiger partial charge in [0.2, 0.25) is 0 Å². The number of hydrogen-bond donors (Lipinski definition) is 1. The summed E-state index contributed by atoms with van der Waals surface area (Å²) in [5.41, 5.74) is 1.25. The number of benzene rings is 1. The van der Waals surface area contributed by atoms with Crippen LogP contribution in [-0.2, 0) is 6.42 Å². The SMILES string of the molecule is CC1CCC(NC(C)Cc2ccccc2Cl)C1. The van der Waals surface area contributed by atoms with E-state index in [1.165, 1.54) is 24.8 Å². The topological polar surface area (TPSA) is 12.0 Å². The minimum atomic E-state index is 0.505. The molecule has 2 heteroatoms. The highest BCUT2D eigenvalue weighted by atomic mass is 35.5. The van der Waals surface area contributed by atoms with Crippen LogP contribution in [0.1, 0.15) is 38.7 Å². The highest BCUT2D eigenvalue weighted by molar-refractivity contribution is 6.31. The first kappa shape index (κ1) is 12.9. The fraction of sp³-hybridized carbons (Fsp3) is 0.600. The van der Waals surface area contributed by atoms with Crippen molar-refractivity contribution in [3.05, 3.63) is 34.9 Å². The highest BCUT2D eigenvalue weighted by Crippen LogP contribution is 2.25. The van der Waals surface area contributed by atoms with Crippen LogP contribution in [0.4, 0.5) is 0 Å². The molecule has 3 unspecified atom stereocenters. The summed E-state index contributed by atoms with van der Waals surface area (Å²) < 4.78 is 0. The summed E-state index contributed by atoms with van der Waals surface area (Å²) in [6, 6.07) is 9.36. The van der Waals surface area contributed by atoms with Gasteiger partial charge >= 0.3 is 0 Å². The fourth-order valence-electron chi connectivity index (χ4n) is 2.81. The minimum absolute atomic E-state index is 0.505. The zero-order valence-electron chi connectivity index (χ0n) is 10.7. The van der Waals surface area contributed by atoms with Gasteiger partial charge in [-0.2, -0.15) is 0 Å². The van der Waals surface area contributed by atoms with E-state index in [9.17, 15) is 0 Å². The lowest BCUT2D eigenvalue weighted by Gasteiger charge is -2.20. The van der Waals surface area contributed by atoms with Gasteiger partial charge in [0.1, 0.15) is 0 Å². The summed E-state index contributed by atoms with van der Waals surface area (Å²) in [6.07, 6.45) is 5.04.